The number of nitrogens with two attached hydrogens (primary N) is 1. The largest absolute Gasteiger partial charge is 0.388 e. The minimum Gasteiger partial charge on any atom is -0.388 e. The number of pyridine rings is 1. The molecule has 1 amide bonds. The van der Waals surface area contributed by atoms with E-state index in [4.69, 9.17) is 10.5 Å². The Morgan fingerprint density at radius 1 is 1.23 bits per heavy atom. The van der Waals surface area contributed by atoms with E-state index >= 15 is 0 Å². The van der Waals surface area contributed by atoms with Crippen molar-refractivity contribution in [2.24, 2.45) is 5.73 Å². The van der Waals surface area contributed by atoms with Crippen molar-refractivity contribution in [1.82, 2.24) is 4.98 Å². The van der Waals surface area contributed by atoms with E-state index in [0.29, 0.717) is 31.2 Å². The van der Waals surface area contributed by atoms with Crippen LogP contribution < -0.4 is 21.5 Å². The van der Waals surface area contributed by atoms with Gasteiger partial charge in [-0.3, -0.25) is 9.59 Å². The first kappa shape index (κ1) is 21.9. The molecule has 7 heteroatoms. The van der Waals surface area contributed by atoms with E-state index in [2.05, 4.69) is 22.2 Å². The van der Waals surface area contributed by atoms with Crippen LogP contribution in [0.25, 0.3) is 0 Å². The number of carbonyl (C=O) groups excluding carboxylic acids is 1. The second kappa shape index (κ2) is 8.92. The number of aromatic nitrogens is 1. The highest BCUT2D eigenvalue weighted by molar-refractivity contribution is 5.98. The standard InChI is InChI=1S/C23H32N4O3/c1-13-10-14(2)26-23(29)17(13)11-19-20(25-4)12-18(22(24)28)15(3)21(19)27(5)16-6-8-30-9-7-16/h10,12,16,25H,6-9,11H2,1-5H3,(H2,24,28)(H,26,29). The smallest absolute Gasteiger partial charge is 0.251 e. The third kappa shape index (κ3) is 4.21. The van der Waals surface area contributed by atoms with Crippen molar-refractivity contribution in [2.75, 3.05) is 37.5 Å². The monoisotopic (exact) mass is 412 g/mol. The molecule has 0 atom stereocenters. The highest BCUT2D eigenvalue weighted by Crippen LogP contribution is 2.37. The molecule has 1 fully saturated rings. The van der Waals surface area contributed by atoms with Gasteiger partial charge in [0.15, 0.2) is 0 Å². The number of aryl methyl sites for hydroxylation is 2. The molecule has 7 nitrogen and oxygen atoms in total. The van der Waals surface area contributed by atoms with Crippen LogP contribution >= 0.6 is 0 Å². The summed E-state index contributed by atoms with van der Waals surface area (Å²) in [6, 6.07) is 4.08. The maximum Gasteiger partial charge on any atom is 0.251 e. The third-order valence-corrected chi connectivity index (χ3v) is 6.13. The summed E-state index contributed by atoms with van der Waals surface area (Å²) in [6.45, 7) is 7.21. The molecule has 2 heterocycles. The van der Waals surface area contributed by atoms with Gasteiger partial charge in [0.25, 0.3) is 5.56 Å². The third-order valence-electron chi connectivity index (χ3n) is 6.13. The SMILES string of the molecule is CNc1cc(C(N)=O)c(C)c(N(C)C2CCOCC2)c1Cc1c(C)cc(C)[nH]c1=O. The van der Waals surface area contributed by atoms with Crippen molar-refractivity contribution in [3.05, 3.63) is 56.0 Å². The van der Waals surface area contributed by atoms with Crippen LogP contribution in [0.4, 0.5) is 11.4 Å². The van der Waals surface area contributed by atoms with Crippen molar-refractivity contribution in [1.29, 1.82) is 0 Å². The number of rotatable bonds is 6. The van der Waals surface area contributed by atoms with E-state index in [1.54, 1.807) is 6.07 Å². The number of hydrogen-bond donors (Lipinski definition) is 3. The second-order valence-electron chi connectivity index (χ2n) is 8.11. The molecule has 1 aliphatic heterocycles. The molecule has 0 saturated carbocycles. The Hall–Kier alpha value is -2.80. The van der Waals surface area contributed by atoms with Gasteiger partial charge in [0.05, 0.1) is 0 Å². The number of benzene rings is 1. The van der Waals surface area contributed by atoms with E-state index < -0.39 is 5.91 Å². The van der Waals surface area contributed by atoms with Crippen LogP contribution in [0.3, 0.4) is 0 Å². The molecular formula is C23H32N4O3. The number of amides is 1. The lowest BCUT2D eigenvalue weighted by atomic mass is 9.91. The zero-order chi connectivity index (χ0) is 22.0. The van der Waals surface area contributed by atoms with Crippen molar-refractivity contribution >= 4 is 17.3 Å². The lowest BCUT2D eigenvalue weighted by Gasteiger charge is -2.36. The number of nitrogens with one attached hydrogen (secondary N) is 2. The fraction of sp³-hybridized carbons (Fsp3) is 0.478. The van der Waals surface area contributed by atoms with Gasteiger partial charge in [0, 0.05) is 73.5 Å². The van der Waals surface area contributed by atoms with Gasteiger partial charge in [-0.05, 0) is 56.9 Å². The highest BCUT2D eigenvalue weighted by Gasteiger charge is 2.26. The molecule has 2 aromatic rings. The number of H-pyrrole nitrogens is 1. The fourth-order valence-corrected chi connectivity index (χ4v) is 4.49. The molecule has 0 spiro atoms. The molecular weight excluding hydrogens is 380 g/mol. The van der Waals surface area contributed by atoms with Crippen LogP contribution in [0, 0.1) is 20.8 Å². The summed E-state index contributed by atoms with van der Waals surface area (Å²) < 4.78 is 5.53. The van der Waals surface area contributed by atoms with E-state index in [1.807, 2.05) is 33.9 Å². The highest BCUT2D eigenvalue weighted by atomic mass is 16.5. The van der Waals surface area contributed by atoms with Gasteiger partial charge < -0.3 is 25.7 Å². The Labute approximate surface area is 177 Å². The molecule has 30 heavy (non-hydrogen) atoms. The van der Waals surface area contributed by atoms with E-state index in [9.17, 15) is 9.59 Å². The maximum atomic E-state index is 12.7. The zero-order valence-electron chi connectivity index (χ0n) is 18.5. The number of primary amides is 1. The Bertz CT molecular complexity index is 1010. The van der Waals surface area contributed by atoms with Crippen LogP contribution in [0.1, 0.15) is 51.1 Å². The molecule has 1 aromatic heterocycles. The van der Waals surface area contributed by atoms with Crippen LogP contribution in [0.5, 0.6) is 0 Å². The topological polar surface area (TPSA) is 100 Å². The Morgan fingerprint density at radius 3 is 2.47 bits per heavy atom. The molecule has 3 rings (SSSR count). The first-order chi connectivity index (χ1) is 14.2. The summed E-state index contributed by atoms with van der Waals surface area (Å²) >= 11 is 0. The average Bonchev–Trinajstić information content (AvgIpc) is 2.70. The molecule has 4 N–H and O–H groups in total. The summed E-state index contributed by atoms with van der Waals surface area (Å²) in [5, 5.41) is 3.22. The van der Waals surface area contributed by atoms with Gasteiger partial charge in [-0.15, -0.1) is 0 Å². The van der Waals surface area contributed by atoms with Crippen molar-refractivity contribution in [3.8, 4) is 0 Å². The second-order valence-corrected chi connectivity index (χ2v) is 8.11. The van der Waals surface area contributed by atoms with Crippen molar-refractivity contribution in [2.45, 2.75) is 46.1 Å². The van der Waals surface area contributed by atoms with Crippen molar-refractivity contribution in [3.63, 3.8) is 0 Å². The summed E-state index contributed by atoms with van der Waals surface area (Å²) in [6.07, 6.45) is 2.28. The van der Waals surface area contributed by atoms with Gasteiger partial charge in [-0.2, -0.15) is 0 Å². The summed E-state index contributed by atoms with van der Waals surface area (Å²) in [4.78, 5) is 30.0. The zero-order valence-corrected chi connectivity index (χ0v) is 18.5. The van der Waals surface area contributed by atoms with Gasteiger partial charge in [0.2, 0.25) is 5.91 Å². The molecule has 0 unspecified atom stereocenters. The molecule has 1 aliphatic rings. The first-order valence-corrected chi connectivity index (χ1v) is 10.4. The number of carbonyl (C=O) groups is 1. The van der Waals surface area contributed by atoms with Crippen LogP contribution in [0.15, 0.2) is 16.9 Å². The minimum absolute atomic E-state index is 0.0779. The van der Waals surface area contributed by atoms with Crippen molar-refractivity contribution < 1.29 is 9.53 Å². The lowest BCUT2D eigenvalue weighted by molar-refractivity contribution is 0.0854. The molecule has 0 bridgehead atoms. The van der Waals surface area contributed by atoms with Crippen LogP contribution in [-0.4, -0.2) is 44.2 Å². The molecule has 0 radical (unpaired) electrons. The Morgan fingerprint density at radius 2 is 1.90 bits per heavy atom. The van der Waals surface area contributed by atoms with Crippen LogP contribution in [-0.2, 0) is 11.2 Å². The molecule has 162 valence electrons. The lowest BCUT2D eigenvalue weighted by Crippen LogP contribution is -2.38. The number of ether oxygens (including phenoxy) is 1. The minimum atomic E-state index is -0.457. The maximum absolute atomic E-state index is 12.7. The Balaban J connectivity index is 2.21. The number of nitrogens with zero attached hydrogens (tertiary/aromatic N) is 1. The van der Waals surface area contributed by atoms with Crippen LogP contribution in [0.2, 0.25) is 0 Å². The van der Waals surface area contributed by atoms with E-state index in [-0.39, 0.29) is 5.56 Å². The van der Waals surface area contributed by atoms with Gasteiger partial charge in [0.1, 0.15) is 0 Å². The first-order valence-electron chi connectivity index (χ1n) is 10.4. The fourth-order valence-electron chi connectivity index (χ4n) is 4.49. The number of anilines is 2. The average molecular weight is 413 g/mol. The normalized spacial score (nSPS) is 14.6. The quantitative estimate of drug-likeness (QED) is 0.677. The predicted octanol–water partition coefficient (Wildman–Crippen LogP) is 2.65. The summed E-state index contributed by atoms with van der Waals surface area (Å²) in [7, 11) is 3.88. The molecule has 1 aromatic carbocycles. The predicted molar refractivity (Wildman–Crippen MR) is 121 cm³/mol. The molecule has 1 saturated heterocycles. The number of hydrogen-bond acceptors (Lipinski definition) is 5. The molecule has 0 aliphatic carbocycles. The Kier molecular flexibility index (Phi) is 6.51. The summed E-state index contributed by atoms with van der Waals surface area (Å²) in [5.74, 6) is -0.457. The van der Waals surface area contributed by atoms with Gasteiger partial charge in [-0.25, -0.2) is 0 Å². The van der Waals surface area contributed by atoms with Gasteiger partial charge in [-0.1, -0.05) is 0 Å². The number of aromatic amines is 1. The van der Waals surface area contributed by atoms with Gasteiger partial charge >= 0.3 is 0 Å². The van der Waals surface area contributed by atoms with E-state index in [1.165, 1.54) is 0 Å². The summed E-state index contributed by atoms with van der Waals surface area (Å²) in [5.41, 5.74) is 12.2. The van der Waals surface area contributed by atoms with E-state index in [0.717, 1.165) is 52.2 Å².